The average Bonchev–Trinajstić information content (AvgIpc) is 2.50. The molecule has 0 fully saturated rings. The van der Waals surface area contributed by atoms with Crippen LogP contribution in [0, 0.1) is 0 Å². The first-order chi connectivity index (χ1) is 6.65. The molecule has 0 amide bonds. The molecule has 74 valence electrons. The summed E-state index contributed by atoms with van der Waals surface area (Å²) in [5, 5.41) is 6.33. The summed E-state index contributed by atoms with van der Waals surface area (Å²) in [6.07, 6.45) is 0. The Morgan fingerprint density at radius 1 is 1.43 bits per heavy atom. The summed E-state index contributed by atoms with van der Waals surface area (Å²) in [5.41, 5.74) is 0.824. The smallest absolute Gasteiger partial charge is 0.136 e. The SMILES string of the molecule is CCn1nc2ccc(Br)c(Cl)c2c1Cl. The number of benzene rings is 1. The quantitative estimate of drug-likeness (QED) is 0.773. The largest absolute Gasteiger partial charge is 0.253 e. The number of aryl methyl sites for hydroxylation is 1. The third-order valence-corrected chi connectivity index (χ3v) is 3.70. The van der Waals surface area contributed by atoms with Crippen molar-refractivity contribution in [3.05, 3.63) is 26.8 Å². The number of aromatic nitrogens is 2. The van der Waals surface area contributed by atoms with Gasteiger partial charge >= 0.3 is 0 Å². The van der Waals surface area contributed by atoms with Crippen LogP contribution in [-0.4, -0.2) is 9.78 Å². The van der Waals surface area contributed by atoms with Gasteiger partial charge in [-0.05, 0) is 35.0 Å². The second kappa shape index (κ2) is 3.72. The third kappa shape index (κ3) is 1.44. The third-order valence-electron chi connectivity index (χ3n) is 2.03. The lowest BCUT2D eigenvalue weighted by atomic mass is 10.2. The molecule has 0 N–H and O–H groups in total. The summed E-state index contributed by atoms with van der Waals surface area (Å²) in [7, 11) is 0. The van der Waals surface area contributed by atoms with Gasteiger partial charge in [0.05, 0.1) is 15.9 Å². The Morgan fingerprint density at radius 2 is 2.14 bits per heavy atom. The zero-order valence-corrected chi connectivity index (χ0v) is 10.5. The molecular formula is C9H7BrCl2N2. The topological polar surface area (TPSA) is 17.8 Å². The maximum absolute atomic E-state index is 6.13. The van der Waals surface area contributed by atoms with Crippen LogP contribution in [0.2, 0.25) is 10.2 Å². The molecule has 0 aliphatic rings. The van der Waals surface area contributed by atoms with Gasteiger partial charge in [0.2, 0.25) is 0 Å². The van der Waals surface area contributed by atoms with E-state index in [4.69, 9.17) is 23.2 Å². The van der Waals surface area contributed by atoms with Crippen LogP contribution in [0.3, 0.4) is 0 Å². The molecule has 0 saturated carbocycles. The van der Waals surface area contributed by atoms with Crippen molar-refractivity contribution in [2.24, 2.45) is 0 Å². The molecule has 1 aromatic carbocycles. The fourth-order valence-corrected chi connectivity index (χ4v) is 2.31. The number of hydrogen-bond acceptors (Lipinski definition) is 1. The minimum absolute atomic E-state index is 0.591. The molecule has 0 unspecified atom stereocenters. The molecule has 5 heteroatoms. The van der Waals surface area contributed by atoms with Crippen LogP contribution in [0.15, 0.2) is 16.6 Å². The second-order valence-electron chi connectivity index (χ2n) is 2.86. The Kier molecular flexibility index (Phi) is 2.73. The van der Waals surface area contributed by atoms with Gasteiger partial charge in [0.1, 0.15) is 5.15 Å². The summed E-state index contributed by atoms with van der Waals surface area (Å²) >= 11 is 15.6. The highest BCUT2D eigenvalue weighted by molar-refractivity contribution is 9.10. The molecule has 2 rings (SSSR count). The zero-order valence-electron chi connectivity index (χ0n) is 7.39. The lowest BCUT2D eigenvalue weighted by Gasteiger charge is -1.97. The van der Waals surface area contributed by atoms with E-state index in [1.54, 1.807) is 4.68 Å². The molecule has 0 saturated heterocycles. The summed E-state index contributed by atoms with van der Waals surface area (Å²) in [6.45, 7) is 2.72. The highest BCUT2D eigenvalue weighted by Gasteiger charge is 2.13. The van der Waals surface area contributed by atoms with Crippen LogP contribution in [0.25, 0.3) is 10.9 Å². The van der Waals surface area contributed by atoms with Crippen LogP contribution in [0.5, 0.6) is 0 Å². The highest BCUT2D eigenvalue weighted by atomic mass is 79.9. The predicted octanol–water partition coefficient (Wildman–Crippen LogP) is 4.13. The van der Waals surface area contributed by atoms with Gasteiger partial charge in [0.25, 0.3) is 0 Å². The maximum Gasteiger partial charge on any atom is 0.136 e. The van der Waals surface area contributed by atoms with Crippen molar-refractivity contribution in [1.82, 2.24) is 9.78 Å². The molecule has 0 bridgehead atoms. The van der Waals surface area contributed by atoms with Gasteiger partial charge in [-0.1, -0.05) is 23.2 Å². The van der Waals surface area contributed by atoms with Crippen molar-refractivity contribution in [2.45, 2.75) is 13.5 Å². The first-order valence-electron chi connectivity index (χ1n) is 4.15. The van der Waals surface area contributed by atoms with Crippen LogP contribution in [-0.2, 0) is 6.54 Å². The molecule has 0 aliphatic heterocycles. The van der Waals surface area contributed by atoms with Crippen molar-refractivity contribution >= 4 is 50.0 Å². The van der Waals surface area contributed by atoms with Crippen molar-refractivity contribution in [3.8, 4) is 0 Å². The molecule has 0 spiro atoms. The van der Waals surface area contributed by atoms with Crippen LogP contribution in [0.1, 0.15) is 6.92 Å². The van der Waals surface area contributed by atoms with Crippen molar-refractivity contribution in [1.29, 1.82) is 0 Å². The molecule has 0 aliphatic carbocycles. The van der Waals surface area contributed by atoms with Gasteiger partial charge in [-0.15, -0.1) is 0 Å². The molecule has 1 aromatic heterocycles. The van der Waals surface area contributed by atoms with E-state index in [0.717, 1.165) is 21.9 Å². The number of fused-ring (bicyclic) bond motifs is 1. The first kappa shape index (κ1) is 10.3. The lowest BCUT2D eigenvalue weighted by molar-refractivity contribution is 0.669. The fraction of sp³-hybridized carbons (Fsp3) is 0.222. The Balaban J connectivity index is 2.87. The zero-order chi connectivity index (χ0) is 10.3. The van der Waals surface area contributed by atoms with E-state index < -0.39 is 0 Å². The van der Waals surface area contributed by atoms with Gasteiger partial charge < -0.3 is 0 Å². The van der Waals surface area contributed by atoms with Gasteiger partial charge in [-0.25, -0.2) is 0 Å². The normalized spacial score (nSPS) is 11.1. The number of nitrogens with zero attached hydrogens (tertiary/aromatic N) is 2. The van der Waals surface area contributed by atoms with Crippen molar-refractivity contribution in [2.75, 3.05) is 0 Å². The first-order valence-corrected chi connectivity index (χ1v) is 5.70. The number of hydrogen-bond donors (Lipinski definition) is 0. The Morgan fingerprint density at radius 3 is 2.79 bits per heavy atom. The maximum atomic E-state index is 6.13. The van der Waals surface area contributed by atoms with E-state index in [2.05, 4.69) is 21.0 Å². The van der Waals surface area contributed by atoms with Crippen LogP contribution in [0.4, 0.5) is 0 Å². The number of halogens is 3. The summed E-state index contributed by atoms with van der Waals surface area (Å²) in [6, 6.07) is 3.76. The lowest BCUT2D eigenvalue weighted by Crippen LogP contribution is -1.94. The monoisotopic (exact) mass is 292 g/mol. The second-order valence-corrected chi connectivity index (χ2v) is 4.45. The van der Waals surface area contributed by atoms with E-state index in [1.165, 1.54) is 0 Å². The standard InChI is InChI=1S/C9H7BrCl2N2/c1-2-14-9(12)7-6(13-14)4-3-5(10)8(7)11/h3-4H,2H2,1H3. The van der Waals surface area contributed by atoms with Gasteiger partial charge in [-0.3, -0.25) is 4.68 Å². The summed E-state index contributed by atoms with van der Waals surface area (Å²) in [4.78, 5) is 0. The van der Waals surface area contributed by atoms with Gasteiger partial charge in [0, 0.05) is 11.0 Å². The molecule has 2 aromatic rings. The van der Waals surface area contributed by atoms with Crippen LogP contribution >= 0.6 is 39.1 Å². The predicted molar refractivity (Wildman–Crippen MR) is 63.1 cm³/mol. The van der Waals surface area contributed by atoms with Crippen LogP contribution < -0.4 is 0 Å². The minimum Gasteiger partial charge on any atom is -0.253 e. The molecule has 0 radical (unpaired) electrons. The van der Waals surface area contributed by atoms with Gasteiger partial charge in [-0.2, -0.15) is 5.10 Å². The fourth-order valence-electron chi connectivity index (χ4n) is 1.33. The van der Waals surface area contributed by atoms with E-state index in [1.807, 2.05) is 19.1 Å². The van der Waals surface area contributed by atoms with E-state index in [9.17, 15) is 0 Å². The van der Waals surface area contributed by atoms with Gasteiger partial charge in [0.15, 0.2) is 0 Å². The summed E-state index contributed by atoms with van der Waals surface area (Å²) < 4.78 is 2.56. The molecule has 2 nitrogen and oxygen atoms in total. The average molecular weight is 294 g/mol. The van der Waals surface area contributed by atoms with E-state index >= 15 is 0 Å². The van der Waals surface area contributed by atoms with E-state index in [-0.39, 0.29) is 0 Å². The summed E-state index contributed by atoms with van der Waals surface area (Å²) in [5.74, 6) is 0. The Labute approximate surface area is 99.9 Å². The molecule has 1 heterocycles. The minimum atomic E-state index is 0.591. The molecule has 0 atom stereocenters. The van der Waals surface area contributed by atoms with E-state index in [0.29, 0.717) is 10.2 Å². The molecular weight excluding hydrogens is 287 g/mol. The molecule has 14 heavy (non-hydrogen) atoms. The highest BCUT2D eigenvalue weighted by Crippen LogP contribution is 2.35. The number of rotatable bonds is 1. The van der Waals surface area contributed by atoms with Crippen molar-refractivity contribution < 1.29 is 0 Å². The Hall–Kier alpha value is -0.250. The Bertz CT molecular complexity index is 493. The van der Waals surface area contributed by atoms with Crippen molar-refractivity contribution in [3.63, 3.8) is 0 Å².